The SMILES string of the molecule is COc1cc(CN2Cc3ccccc3CC2C(=O)N2CCC(C(N)=O)CC2)ccc1O. The first-order chi connectivity index (χ1) is 15.0. The third kappa shape index (κ3) is 4.51. The zero-order chi connectivity index (χ0) is 22.0. The predicted octanol–water partition coefficient (Wildman–Crippen LogP) is 2.05. The van der Waals surface area contributed by atoms with E-state index in [0.29, 0.717) is 51.2 Å². The number of phenolic OH excluding ortho intramolecular Hbond substituents is 1. The number of rotatable bonds is 5. The van der Waals surface area contributed by atoms with Gasteiger partial charge in [0.15, 0.2) is 11.5 Å². The highest BCUT2D eigenvalue weighted by molar-refractivity contribution is 5.83. The van der Waals surface area contributed by atoms with Crippen LogP contribution < -0.4 is 10.5 Å². The summed E-state index contributed by atoms with van der Waals surface area (Å²) in [5.74, 6) is 0.202. The van der Waals surface area contributed by atoms with Crippen molar-refractivity contribution >= 4 is 11.8 Å². The Bertz CT molecular complexity index is 969. The van der Waals surface area contributed by atoms with Gasteiger partial charge in [-0.15, -0.1) is 0 Å². The maximum absolute atomic E-state index is 13.5. The molecule has 0 radical (unpaired) electrons. The average molecular weight is 424 g/mol. The van der Waals surface area contributed by atoms with Crippen LogP contribution in [0.2, 0.25) is 0 Å². The van der Waals surface area contributed by atoms with Crippen molar-refractivity contribution in [2.75, 3.05) is 20.2 Å². The van der Waals surface area contributed by atoms with Gasteiger partial charge in [-0.2, -0.15) is 0 Å². The highest BCUT2D eigenvalue weighted by atomic mass is 16.5. The van der Waals surface area contributed by atoms with Gasteiger partial charge in [0.05, 0.1) is 13.2 Å². The Kier molecular flexibility index (Phi) is 6.13. The maximum Gasteiger partial charge on any atom is 0.240 e. The fourth-order valence-electron chi connectivity index (χ4n) is 4.64. The number of benzene rings is 2. The summed E-state index contributed by atoms with van der Waals surface area (Å²) in [7, 11) is 1.53. The molecule has 0 spiro atoms. The van der Waals surface area contributed by atoms with Crippen LogP contribution in [0, 0.1) is 5.92 Å². The van der Waals surface area contributed by atoms with E-state index in [1.54, 1.807) is 6.07 Å². The minimum atomic E-state index is -0.278. The summed E-state index contributed by atoms with van der Waals surface area (Å²) in [5, 5.41) is 9.91. The third-order valence-corrected chi connectivity index (χ3v) is 6.47. The fourth-order valence-corrected chi connectivity index (χ4v) is 4.64. The van der Waals surface area contributed by atoms with E-state index in [2.05, 4.69) is 17.0 Å². The van der Waals surface area contributed by atoms with E-state index in [4.69, 9.17) is 10.5 Å². The summed E-state index contributed by atoms with van der Waals surface area (Å²) in [6, 6.07) is 13.3. The first kappa shape index (κ1) is 21.2. The van der Waals surface area contributed by atoms with Crippen molar-refractivity contribution in [1.82, 2.24) is 9.80 Å². The summed E-state index contributed by atoms with van der Waals surface area (Å²) in [4.78, 5) is 29.1. The van der Waals surface area contributed by atoms with Gasteiger partial charge >= 0.3 is 0 Å². The smallest absolute Gasteiger partial charge is 0.240 e. The Labute approximate surface area is 182 Å². The largest absolute Gasteiger partial charge is 0.504 e. The molecule has 1 atom stereocenters. The van der Waals surface area contributed by atoms with Crippen molar-refractivity contribution in [1.29, 1.82) is 0 Å². The number of nitrogens with zero attached hydrogens (tertiary/aromatic N) is 2. The molecule has 31 heavy (non-hydrogen) atoms. The maximum atomic E-state index is 13.5. The van der Waals surface area contributed by atoms with Crippen LogP contribution in [0.4, 0.5) is 0 Å². The van der Waals surface area contributed by atoms with Crippen LogP contribution in [-0.2, 0) is 29.1 Å². The van der Waals surface area contributed by atoms with Gasteiger partial charge in [0.25, 0.3) is 0 Å². The number of phenols is 1. The number of hydrogen-bond acceptors (Lipinski definition) is 5. The second-order valence-electron chi connectivity index (χ2n) is 8.40. The lowest BCUT2D eigenvalue weighted by atomic mass is 9.91. The van der Waals surface area contributed by atoms with Crippen LogP contribution in [-0.4, -0.2) is 53.0 Å². The molecule has 0 saturated carbocycles. The molecule has 4 rings (SSSR count). The van der Waals surface area contributed by atoms with Crippen molar-refractivity contribution in [3.8, 4) is 11.5 Å². The van der Waals surface area contributed by atoms with Crippen molar-refractivity contribution in [3.05, 3.63) is 59.2 Å². The second-order valence-corrected chi connectivity index (χ2v) is 8.40. The number of likely N-dealkylation sites (tertiary alicyclic amines) is 1. The number of fused-ring (bicyclic) bond motifs is 1. The third-order valence-electron chi connectivity index (χ3n) is 6.47. The van der Waals surface area contributed by atoms with Gasteiger partial charge < -0.3 is 20.5 Å². The van der Waals surface area contributed by atoms with Crippen LogP contribution >= 0.6 is 0 Å². The summed E-state index contributed by atoms with van der Waals surface area (Å²) in [5.41, 5.74) is 8.85. The molecule has 2 aliphatic rings. The van der Waals surface area contributed by atoms with E-state index in [1.807, 2.05) is 29.2 Å². The predicted molar refractivity (Wildman–Crippen MR) is 116 cm³/mol. The van der Waals surface area contributed by atoms with Crippen LogP contribution in [0.15, 0.2) is 42.5 Å². The molecular weight excluding hydrogens is 394 g/mol. The van der Waals surface area contributed by atoms with Gasteiger partial charge in [-0.1, -0.05) is 30.3 Å². The zero-order valence-electron chi connectivity index (χ0n) is 17.8. The van der Waals surface area contributed by atoms with E-state index in [9.17, 15) is 14.7 Å². The number of methoxy groups -OCH3 is 1. The molecule has 0 aromatic heterocycles. The lowest BCUT2D eigenvalue weighted by Crippen LogP contribution is -2.53. The highest BCUT2D eigenvalue weighted by Crippen LogP contribution is 2.30. The topological polar surface area (TPSA) is 96.1 Å². The van der Waals surface area contributed by atoms with Crippen molar-refractivity contribution in [3.63, 3.8) is 0 Å². The normalized spacial score (nSPS) is 19.6. The lowest BCUT2D eigenvalue weighted by molar-refractivity contribution is -0.140. The molecule has 0 aliphatic carbocycles. The summed E-state index contributed by atoms with van der Waals surface area (Å²) >= 11 is 0. The first-order valence-corrected chi connectivity index (χ1v) is 10.7. The van der Waals surface area contributed by atoms with Gasteiger partial charge in [-0.25, -0.2) is 0 Å². The molecule has 1 fully saturated rings. The Morgan fingerprint density at radius 1 is 1.13 bits per heavy atom. The number of carbonyl (C=O) groups is 2. The second kappa shape index (κ2) is 8.98. The molecule has 1 saturated heterocycles. The minimum absolute atomic E-state index is 0.0974. The summed E-state index contributed by atoms with van der Waals surface area (Å²) in [6.07, 6.45) is 1.90. The van der Waals surface area contributed by atoms with Gasteiger partial charge in [0.1, 0.15) is 0 Å². The van der Waals surface area contributed by atoms with E-state index in [0.717, 1.165) is 5.56 Å². The zero-order valence-corrected chi connectivity index (χ0v) is 17.8. The Morgan fingerprint density at radius 2 is 1.84 bits per heavy atom. The number of aromatic hydroxyl groups is 1. The molecule has 7 nitrogen and oxygen atoms in total. The number of amides is 2. The molecule has 1 unspecified atom stereocenters. The van der Waals surface area contributed by atoms with Gasteiger partial charge in [-0.05, 0) is 48.1 Å². The molecule has 7 heteroatoms. The Balaban J connectivity index is 1.56. The summed E-state index contributed by atoms with van der Waals surface area (Å²) in [6.45, 7) is 2.36. The lowest BCUT2D eigenvalue weighted by Gasteiger charge is -2.40. The molecule has 2 amide bonds. The van der Waals surface area contributed by atoms with Crippen molar-refractivity contribution < 1.29 is 19.4 Å². The number of piperidine rings is 1. The van der Waals surface area contributed by atoms with E-state index in [-0.39, 0.29) is 29.5 Å². The number of carbonyl (C=O) groups excluding carboxylic acids is 2. The number of hydrogen-bond donors (Lipinski definition) is 2. The molecular formula is C24H29N3O4. The molecule has 164 valence electrons. The van der Waals surface area contributed by atoms with Crippen LogP contribution in [0.1, 0.15) is 29.5 Å². The summed E-state index contributed by atoms with van der Waals surface area (Å²) < 4.78 is 5.25. The molecule has 3 N–H and O–H groups in total. The van der Waals surface area contributed by atoms with E-state index >= 15 is 0 Å². The number of ether oxygens (including phenoxy) is 1. The van der Waals surface area contributed by atoms with Gasteiger partial charge in [-0.3, -0.25) is 14.5 Å². The highest BCUT2D eigenvalue weighted by Gasteiger charge is 2.36. The monoisotopic (exact) mass is 423 g/mol. The van der Waals surface area contributed by atoms with Gasteiger partial charge in [0.2, 0.25) is 11.8 Å². The number of primary amides is 1. The molecule has 2 aromatic rings. The Hall–Kier alpha value is -3.06. The van der Waals surface area contributed by atoms with Crippen LogP contribution in [0.5, 0.6) is 11.5 Å². The van der Waals surface area contributed by atoms with Crippen molar-refractivity contribution in [2.45, 2.75) is 38.4 Å². The standard InChI is InChI=1S/C24H29N3O4/c1-31-22-12-16(6-7-21(22)28)14-27-15-19-5-3-2-4-18(19)13-20(27)24(30)26-10-8-17(9-11-26)23(25)29/h2-7,12,17,20,28H,8-11,13-15H2,1H3,(H2,25,29). The molecule has 2 aromatic carbocycles. The number of nitrogens with two attached hydrogens (primary N) is 1. The Morgan fingerprint density at radius 3 is 2.52 bits per heavy atom. The van der Waals surface area contributed by atoms with E-state index < -0.39 is 0 Å². The molecule has 2 heterocycles. The molecule has 0 bridgehead atoms. The van der Waals surface area contributed by atoms with Crippen molar-refractivity contribution in [2.24, 2.45) is 11.7 Å². The molecule has 2 aliphatic heterocycles. The first-order valence-electron chi connectivity index (χ1n) is 10.7. The van der Waals surface area contributed by atoms with Crippen LogP contribution in [0.25, 0.3) is 0 Å². The fraction of sp³-hybridized carbons (Fsp3) is 0.417. The van der Waals surface area contributed by atoms with Gasteiger partial charge in [0, 0.05) is 32.1 Å². The quantitative estimate of drug-likeness (QED) is 0.767. The van der Waals surface area contributed by atoms with E-state index in [1.165, 1.54) is 18.2 Å². The average Bonchev–Trinajstić information content (AvgIpc) is 2.79. The van der Waals surface area contributed by atoms with Crippen LogP contribution in [0.3, 0.4) is 0 Å². The minimum Gasteiger partial charge on any atom is -0.504 e.